The molecule has 0 saturated heterocycles. The summed E-state index contributed by atoms with van der Waals surface area (Å²) in [6, 6.07) is 14.1. The maximum absolute atomic E-state index is 12.1. The number of anilines is 1. The van der Waals surface area contributed by atoms with Crippen LogP contribution in [0.15, 0.2) is 48.5 Å². The summed E-state index contributed by atoms with van der Waals surface area (Å²) in [5, 5.41) is 8.03. The normalized spacial score (nSPS) is 9.92. The number of urea groups is 1. The van der Waals surface area contributed by atoms with Crippen LogP contribution in [0, 0.1) is 0 Å². The summed E-state index contributed by atoms with van der Waals surface area (Å²) in [4.78, 5) is 23.6. The van der Waals surface area contributed by atoms with Crippen LogP contribution in [-0.2, 0) is 11.2 Å². The molecule has 7 nitrogen and oxygen atoms in total. The lowest BCUT2D eigenvalue weighted by molar-refractivity contribution is -0.119. The molecule has 0 spiro atoms. The number of benzene rings is 2. The van der Waals surface area contributed by atoms with Gasteiger partial charge in [0.15, 0.2) is 11.5 Å². The highest BCUT2D eigenvalue weighted by Gasteiger charge is 2.09. The third kappa shape index (κ3) is 5.70. The monoisotopic (exact) mass is 357 g/mol. The second-order valence-corrected chi connectivity index (χ2v) is 5.39. The maximum atomic E-state index is 12.1. The van der Waals surface area contributed by atoms with Crippen molar-refractivity contribution in [1.29, 1.82) is 0 Å². The minimum Gasteiger partial charge on any atom is -0.493 e. The number of ether oxygens (including phenoxy) is 2. The van der Waals surface area contributed by atoms with E-state index in [0.717, 1.165) is 5.56 Å². The topological polar surface area (TPSA) is 88.7 Å². The first-order valence-electron chi connectivity index (χ1n) is 8.23. The third-order valence-electron chi connectivity index (χ3n) is 3.61. The molecule has 0 aliphatic carbocycles. The Hall–Kier alpha value is -3.22. The molecule has 2 rings (SSSR count). The third-order valence-corrected chi connectivity index (χ3v) is 3.61. The molecule has 2 aromatic carbocycles. The van der Waals surface area contributed by atoms with Gasteiger partial charge in [0.25, 0.3) is 0 Å². The molecular formula is C19H23N3O4. The van der Waals surface area contributed by atoms with Crippen LogP contribution in [0.25, 0.3) is 0 Å². The second kappa shape index (κ2) is 9.93. The summed E-state index contributed by atoms with van der Waals surface area (Å²) >= 11 is 0. The van der Waals surface area contributed by atoms with Gasteiger partial charge in [0.1, 0.15) is 6.61 Å². The van der Waals surface area contributed by atoms with E-state index in [2.05, 4.69) is 16.0 Å². The van der Waals surface area contributed by atoms with Gasteiger partial charge in [0, 0.05) is 12.7 Å². The van der Waals surface area contributed by atoms with Gasteiger partial charge >= 0.3 is 6.03 Å². The molecule has 0 radical (unpaired) electrons. The van der Waals surface area contributed by atoms with Crippen molar-refractivity contribution >= 4 is 17.6 Å². The van der Waals surface area contributed by atoms with Gasteiger partial charge in [-0.15, -0.1) is 0 Å². The fraction of sp³-hybridized carbons (Fsp3) is 0.263. The molecule has 0 bridgehead atoms. The van der Waals surface area contributed by atoms with E-state index in [-0.39, 0.29) is 18.4 Å². The molecule has 0 aliphatic rings. The second-order valence-electron chi connectivity index (χ2n) is 5.39. The molecule has 7 heteroatoms. The Morgan fingerprint density at radius 3 is 2.42 bits per heavy atom. The molecule has 3 amide bonds. The first-order chi connectivity index (χ1) is 12.6. The van der Waals surface area contributed by atoms with Crippen molar-refractivity contribution < 1.29 is 19.1 Å². The number of hydrogen-bond donors (Lipinski definition) is 3. The van der Waals surface area contributed by atoms with Gasteiger partial charge in [-0.25, -0.2) is 4.79 Å². The zero-order chi connectivity index (χ0) is 18.8. The van der Waals surface area contributed by atoms with Crippen molar-refractivity contribution in [2.24, 2.45) is 0 Å². The van der Waals surface area contributed by atoms with E-state index in [0.29, 0.717) is 30.3 Å². The van der Waals surface area contributed by atoms with Gasteiger partial charge in [-0.05, 0) is 23.8 Å². The van der Waals surface area contributed by atoms with Gasteiger partial charge < -0.3 is 25.4 Å². The first-order valence-corrected chi connectivity index (χ1v) is 8.23. The average Bonchev–Trinajstić information content (AvgIpc) is 2.67. The van der Waals surface area contributed by atoms with E-state index in [1.165, 1.54) is 0 Å². The minimum absolute atomic E-state index is 0.120. The summed E-state index contributed by atoms with van der Waals surface area (Å²) in [5.74, 6) is 1.14. The van der Waals surface area contributed by atoms with Gasteiger partial charge in [-0.1, -0.05) is 30.3 Å². The van der Waals surface area contributed by atoms with Gasteiger partial charge in [0.2, 0.25) is 5.91 Å². The average molecular weight is 357 g/mol. The Labute approximate surface area is 152 Å². The number of carbonyl (C=O) groups is 2. The maximum Gasteiger partial charge on any atom is 0.319 e. The van der Waals surface area contributed by atoms with Crippen molar-refractivity contribution in [2.75, 3.05) is 32.6 Å². The molecule has 0 fully saturated rings. The largest absolute Gasteiger partial charge is 0.493 e. The van der Waals surface area contributed by atoms with E-state index in [1.54, 1.807) is 44.5 Å². The number of rotatable bonds is 8. The quantitative estimate of drug-likeness (QED) is 0.632. The van der Waals surface area contributed by atoms with Crippen LogP contribution in [0.4, 0.5) is 10.5 Å². The standard InChI is InChI=1S/C19H23N3O4/c1-20-18(23)13-14-7-3-4-8-15(14)22-19(24)21-11-12-26-17-10-6-5-9-16(17)25-2/h3-10H,11-13H2,1-2H3,(H,20,23)(H2,21,22,24). The molecule has 0 atom stereocenters. The molecule has 0 aliphatic heterocycles. The Balaban J connectivity index is 1.81. The van der Waals surface area contributed by atoms with E-state index in [9.17, 15) is 9.59 Å². The van der Waals surface area contributed by atoms with Gasteiger partial charge in [-0.3, -0.25) is 4.79 Å². The summed E-state index contributed by atoms with van der Waals surface area (Å²) < 4.78 is 10.8. The van der Waals surface area contributed by atoms with E-state index in [1.807, 2.05) is 18.2 Å². The number of para-hydroxylation sites is 3. The lowest BCUT2D eigenvalue weighted by atomic mass is 10.1. The molecule has 3 N–H and O–H groups in total. The molecule has 26 heavy (non-hydrogen) atoms. The van der Waals surface area contributed by atoms with Crippen LogP contribution in [0.2, 0.25) is 0 Å². The predicted molar refractivity (Wildman–Crippen MR) is 99.7 cm³/mol. The number of likely N-dealkylation sites (N-methyl/N-ethyl adjacent to an activating group) is 1. The van der Waals surface area contributed by atoms with E-state index < -0.39 is 0 Å². The van der Waals surface area contributed by atoms with Crippen molar-refractivity contribution in [3.05, 3.63) is 54.1 Å². The van der Waals surface area contributed by atoms with Crippen molar-refractivity contribution in [3.8, 4) is 11.5 Å². The van der Waals surface area contributed by atoms with Gasteiger partial charge in [-0.2, -0.15) is 0 Å². The fourth-order valence-electron chi connectivity index (χ4n) is 2.29. The Kier molecular flexibility index (Phi) is 7.30. The lowest BCUT2D eigenvalue weighted by Gasteiger charge is -2.13. The Bertz CT molecular complexity index is 749. The number of methoxy groups -OCH3 is 1. The molecule has 2 aromatic rings. The minimum atomic E-state index is -0.363. The van der Waals surface area contributed by atoms with E-state index in [4.69, 9.17) is 9.47 Å². The van der Waals surface area contributed by atoms with Gasteiger partial charge in [0.05, 0.1) is 20.1 Å². The number of nitrogens with one attached hydrogen (secondary N) is 3. The van der Waals surface area contributed by atoms with Crippen molar-refractivity contribution in [3.63, 3.8) is 0 Å². The molecule has 0 saturated carbocycles. The zero-order valence-electron chi connectivity index (χ0n) is 14.9. The molecule has 138 valence electrons. The fourth-order valence-corrected chi connectivity index (χ4v) is 2.29. The molecule has 0 aromatic heterocycles. The number of carbonyl (C=O) groups excluding carboxylic acids is 2. The smallest absolute Gasteiger partial charge is 0.319 e. The summed E-state index contributed by atoms with van der Waals surface area (Å²) in [5.41, 5.74) is 1.34. The van der Waals surface area contributed by atoms with Crippen molar-refractivity contribution in [2.45, 2.75) is 6.42 Å². The summed E-state index contributed by atoms with van der Waals surface area (Å²) in [7, 11) is 3.15. The van der Waals surface area contributed by atoms with Crippen LogP contribution in [0.5, 0.6) is 11.5 Å². The first kappa shape index (κ1) is 19.1. The Morgan fingerprint density at radius 1 is 1.00 bits per heavy atom. The van der Waals surface area contributed by atoms with Crippen LogP contribution in [0.3, 0.4) is 0 Å². The number of amides is 3. The van der Waals surface area contributed by atoms with Crippen LogP contribution in [-0.4, -0.2) is 39.2 Å². The van der Waals surface area contributed by atoms with Crippen LogP contribution < -0.4 is 25.4 Å². The summed E-state index contributed by atoms with van der Waals surface area (Å²) in [6.45, 7) is 0.620. The number of hydrogen-bond acceptors (Lipinski definition) is 4. The molecular weight excluding hydrogens is 334 g/mol. The Morgan fingerprint density at radius 2 is 1.69 bits per heavy atom. The van der Waals surface area contributed by atoms with Crippen molar-refractivity contribution in [1.82, 2.24) is 10.6 Å². The van der Waals surface area contributed by atoms with E-state index >= 15 is 0 Å². The lowest BCUT2D eigenvalue weighted by Crippen LogP contribution is -2.32. The summed E-state index contributed by atoms with van der Waals surface area (Å²) in [6.07, 6.45) is 0.198. The van der Waals surface area contributed by atoms with Crippen LogP contribution >= 0.6 is 0 Å². The molecule has 0 heterocycles. The highest BCUT2D eigenvalue weighted by molar-refractivity contribution is 5.91. The predicted octanol–water partition coefficient (Wildman–Crippen LogP) is 2.18. The highest BCUT2D eigenvalue weighted by Crippen LogP contribution is 2.25. The van der Waals surface area contributed by atoms with Crippen LogP contribution in [0.1, 0.15) is 5.56 Å². The SMILES string of the molecule is CNC(=O)Cc1ccccc1NC(=O)NCCOc1ccccc1OC. The highest BCUT2D eigenvalue weighted by atomic mass is 16.5. The zero-order valence-corrected chi connectivity index (χ0v) is 14.9. The molecule has 0 unspecified atom stereocenters.